The zero-order chi connectivity index (χ0) is 17.0. The fourth-order valence-corrected chi connectivity index (χ4v) is 2.68. The fourth-order valence-electron chi connectivity index (χ4n) is 2.68. The molecule has 0 fully saturated rings. The van der Waals surface area contributed by atoms with Crippen molar-refractivity contribution in [1.29, 1.82) is 0 Å². The Balaban J connectivity index is 2.11. The predicted octanol–water partition coefficient (Wildman–Crippen LogP) is 3.30. The molecule has 0 aliphatic rings. The average Bonchev–Trinajstić information content (AvgIpc) is 2.44. The van der Waals surface area contributed by atoms with Crippen LogP contribution < -0.4 is 10.5 Å². The first kappa shape index (κ1) is 17.3. The molecule has 5 heteroatoms. The van der Waals surface area contributed by atoms with E-state index in [-0.39, 0.29) is 5.54 Å². The third-order valence-corrected chi connectivity index (χ3v) is 3.51. The summed E-state index contributed by atoms with van der Waals surface area (Å²) in [5, 5.41) is 0. The van der Waals surface area contributed by atoms with Crippen LogP contribution in [0.4, 0.5) is 0 Å². The van der Waals surface area contributed by atoms with Crippen molar-refractivity contribution in [3.05, 3.63) is 35.9 Å². The Kier molecular flexibility index (Phi) is 5.31. The summed E-state index contributed by atoms with van der Waals surface area (Å²) in [6, 6.07) is 5.70. The number of pyridine rings is 1. The molecule has 0 aliphatic heterocycles. The van der Waals surface area contributed by atoms with Crippen LogP contribution in [0.3, 0.4) is 0 Å². The molecular formula is C18H26N4O. The zero-order valence-corrected chi connectivity index (χ0v) is 14.6. The van der Waals surface area contributed by atoms with Crippen molar-refractivity contribution in [3.8, 4) is 17.1 Å². The summed E-state index contributed by atoms with van der Waals surface area (Å²) >= 11 is 0. The number of aryl methyl sites for hydroxylation is 2. The molecule has 5 nitrogen and oxygen atoms in total. The lowest BCUT2D eigenvalue weighted by atomic mass is 9.93. The molecular weight excluding hydrogens is 288 g/mol. The molecule has 0 bridgehead atoms. The van der Waals surface area contributed by atoms with Gasteiger partial charge in [0.1, 0.15) is 18.2 Å². The van der Waals surface area contributed by atoms with Gasteiger partial charge in [0.05, 0.1) is 17.1 Å². The average molecular weight is 314 g/mol. The molecule has 2 aromatic heterocycles. The van der Waals surface area contributed by atoms with Crippen LogP contribution >= 0.6 is 0 Å². The van der Waals surface area contributed by atoms with Crippen LogP contribution in [-0.2, 0) is 0 Å². The summed E-state index contributed by atoms with van der Waals surface area (Å²) in [5.74, 6) is 2.03. The highest BCUT2D eigenvalue weighted by Crippen LogP contribution is 2.23. The second kappa shape index (κ2) is 7.04. The van der Waals surface area contributed by atoms with Crippen LogP contribution in [0.2, 0.25) is 0 Å². The second-order valence-electron chi connectivity index (χ2n) is 6.81. The molecule has 1 atom stereocenters. The summed E-state index contributed by atoms with van der Waals surface area (Å²) in [4.78, 5) is 13.1. The Bertz CT molecular complexity index is 668. The van der Waals surface area contributed by atoms with Crippen LogP contribution in [0.1, 0.15) is 38.7 Å². The van der Waals surface area contributed by atoms with Gasteiger partial charge in [0.2, 0.25) is 0 Å². The smallest absolute Gasteiger partial charge is 0.140 e. The lowest BCUT2D eigenvalue weighted by Gasteiger charge is -2.26. The van der Waals surface area contributed by atoms with Crippen molar-refractivity contribution >= 4 is 0 Å². The molecule has 0 amide bonds. The highest BCUT2D eigenvalue weighted by Gasteiger charge is 2.21. The predicted molar refractivity (Wildman–Crippen MR) is 92.3 cm³/mol. The maximum Gasteiger partial charge on any atom is 0.140 e. The van der Waals surface area contributed by atoms with E-state index in [0.717, 1.165) is 35.1 Å². The Labute approximate surface area is 138 Å². The number of hydrogen-bond acceptors (Lipinski definition) is 5. The van der Waals surface area contributed by atoms with Gasteiger partial charge in [-0.2, -0.15) is 0 Å². The second-order valence-corrected chi connectivity index (χ2v) is 6.81. The van der Waals surface area contributed by atoms with Crippen LogP contribution in [-0.4, -0.2) is 27.1 Å². The van der Waals surface area contributed by atoms with Gasteiger partial charge in [-0.1, -0.05) is 13.8 Å². The molecule has 0 aromatic carbocycles. The number of rotatable bonds is 6. The van der Waals surface area contributed by atoms with Gasteiger partial charge in [0.25, 0.3) is 0 Å². The molecule has 2 rings (SSSR count). The van der Waals surface area contributed by atoms with E-state index < -0.39 is 0 Å². The fraction of sp³-hybridized carbons (Fsp3) is 0.500. The van der Waals surface area contributed by atoms with E-state index >= 15 is 0 Å². The van der Waals surface area contributed by atoms with E-state index in [4.69, 9.17) is 10.5 Å². The van der Waals surface area contributed by atoms with E-state index in [2.05, 4.69) is 28.8 Å². The topological polar surface area (TPSA) is 73.9 Å². The largest absolute Gasteiger partial charge is 0.490 e. The van der Waals surface area contributed by atoms with E-state index in [0.29, 0.717) is 12.5 Å². The molecule has 2 N–H and O–H groups in total. The summed E-state index contributed by atoms with van der Waals surface area (Å²) in [5.41, 5.74) is 8.41. The molecule has 2 aromatic rings. The summed E-state index contributed by atoms with van der Waals surface area (Å²) < 4.78 is 5.90. The minimum absolute atomic E-state index is 0.344. The van der Waals surface area contributed by atoms with Crippen molar-refractivity contribution in [2.24, 2.45) is 11.7 Å². The van der Waals surface area contributed by atoms with E-state index in [1.165, 1.54) is 0 Å². The third-order valence-electron chi connectivity index (χ3n) is 3.51. The Hall–Kier alpha value is -2.01. The van der Waals surface area contributed by atoms with E-state index in [1.807, 2.05) is 39.0 Å². The molecule has 0 saturated carbocycles. The van der Waals surface area contributed by atoms with Gasteiger partial charge in [0.15, 0.2) is 0 Å². The minimum Gasteiger partial charge on any atom is -0.490 e. The number of aromatic nitrogens is 3. The lowest BCUT2D eigenvalue weighted by molar-refractivity contribution is 0.205. The summed E-state index contributed by atoms with van der Waals surface area (Å²) in [6.45, 7) is 10.6. The Morgan fingerprint density at radius 1 is 1.13 bits per heavy atom. The highest BCUT2D eigenvalue weighted by atomic mass is 16.5. The van der Waals surface area contributed by atoms with Crippen LogP contribution in [0.25, 0.3) is 11.4 Å². The van der Waals surface area contributed by atoms with Gasteiger partial charge in [-0.15, -0.1) is 0 Å². The van der Waals surface area contributed by atoms with Gasteiger partial charge in [-0.3, -0.25) is 0 Å². The van der Waals surface area contributed by atoms with Gasteiger partial charge >= 0.3 is 0 Å². The van der Waals surface area contributed by atoms with Crippen LogP contribution in [0.5, 0.6) is 5.75 Å². The van der Waals surface area contributed by atoms with Gasteiger partial charge in [-0.25, -0.2) is 15.0 Å². The SMILES string of the molecule is Cc1nccc(-c2ccc(OCC(C)(N)CC(C)C)c(C)n2)n1. The number of hydrogen-bond donors (Lipinski definition) is 1. The molecule has 0 saturated heterocycles. The molecule has 23 heavy (non-hydrogen) atoms. The lowest BCUT2D eigenvalue weighted by Crippen LogP contribution is -2.43. The monoisotopic (exact) mass is 314 g/mol. The van der Waals surface area contributed by atoms with E-state index in [9.17, 15) is 0 Å². The maximum absolute atomic E-state index is 6.29. The van der Waals surface area contributed by atoms with Crippen LogP contribution in [0.15, 0.2) is 24.4 Å². The van der Waals surface area contributed by atoms with Crippen molar-refractivity contribution in [3.63, 3.8) is 0 Å². The zero-order valence-electron chi connectivity index (χ0n) is 14.6. The minimum atomic E-state index is -0.344. The van der Waals surface area contributed by atoms with Crippen LogP contribution in [0, 0.1) is 19.8 Å². The van der Waals surface area contributed by atoms with Crippen molar-refractivity contribution in [2.45, 2.75) is 46.6 Å². The summed E-state index contributed by atoms with van der Waals surface area (Å²) in [7, 11) is 0. The quantitative estimate of drug-likeness (QED) is 0.885. The van der Waals surface area contributed by atoms with E-state index in [1.54, 1.807) is 6.20 Å². The van der Waals surface area contributed by atoms with Crippen molar-refractivity contribution in [1.82, 2.24) is 15.0 Å². The number of nitrogens with two attached hydrogens (primary N) is 1. The Morgan fingerprint density at radius 3 is 2.43 bits per heavy atom. The highest BCUT2D eigenvalue weighted by molar-refractivity contribution is 5.55. The molecule has 124 valence electrons. The third kappa shape index (κ3) is 4.99. The standard InChI is InChI=1S/C18H26N4O/c1-12(2)10-18(5,19)11-23-17-7-6-15(21-13(17)3)16-8-9-20-14(4)22-16/h6-9,12H,10-11,19H2,1-5H3. The first-order valence-corrected chi connectivity index (χ1v) is 7.96. The first-order chi connectivity index (χ1) is 10.8. The molecule has 0 aliphatic carbocycles. The summed E-state index contributed by atoms with van der Waals surface area (Å²) in [6.07, 6.45) is 2.66. The Morgan fingerprint density at radius 2 is 1.83 bits per heavy atom. The normalized spacial score (nSPS) is 13.9. The molecule has 0 radical (unpaired) electrons. The van der Waals surface area contributed by atoms with Gasteiger partial charge in [-0.05, 0) is 51.3 Å². The first-order valence-electron chi connectivity index (χ1n) is 7.96. The number of ether oxygens (including phenoxy) is 1. The molecule has 2 heterocycles. The molecule has 1 unspecified atom stereocenters. The van der Waals surface area contributed by atoms with Gasteiger partial charge in [0, 0.05) is 11.7 Å². The number of nitrogens with zero attached hydrogens (tertiary/aromatic N) is 3. The van der Waals surface area contributed by atoms with Crippen molar-refractivity contribution < 1.29 is 4.74 Å². The van der Waals surface area contributed by atoms with Crippen molar-refractivity contribution in [2.75, 3.05) is 6.61 Å². The molecule has 0 spiro atoms. The van der Waals surface area contributed by atoms with Gasteiger partial charge < -0.3 is 10.5 Å². The maximum atomic E-state index is 6.29.